The largest absolute Gasteiger partial charge is 0.377 e. The summed E-state index contributed by atoms with van der Waals surface area (Å²) in [5.41, 5.74) is 4.84. The zero-order chi connectivity index (χ0) is 9.84. The van der Waals surface area contributed by atoms with Gasteiger partial charge in [0.05, 0.1) is 12.0 Å². The second-order valence-electron chi connectivity index (χ2n) is 3.07. The first-order valence-corrected chi connectivity index (χ1v) is 4.37. The molecule has 2 unspecified atom stereocenters. The second kappa shape index (κ2) is 4.23. The Morgan fingerprint density at radius 3 is 2.85 bits per heavy atom. The fourth-order valence-electron chi connectivity index (χ4n) is 1.56. The average molecular weight is 186 g/mol. The van der Waals surface area contributed by atoms with Crippen molar-refractivity contribution in [2.45, 2.75) is 25.9 Å². The lowest BCUT2D eigenvalue weighted by Gasteiger charge is -2.14. The summed E-state index contributed by atoms with van der Waals surface area (Å²) in [7, 11) is 0. The minimum Gasteiger partial charge on any atom is -0.377 e. The van der Waals surface area contributed by atoms with Crippen molar-refractivity contribution in [1.29, 1.82) is 0 Å². The SMILES string of the molecule is CCC1OCCC1C(=O)NC(N)=O. The zero-order valence-corrected chi connectivity index (χ0v) is 7.58. The highest BCUT2D eigenvalue weighted by atomic mass is 16.5. The van der Waals surface area contributed by atoms with Gasteiger partial charge in [-0.2, -0.15) is 0 Å². The molecule has 2 atom stereocenters. The van der Waals surface area contributed by atoms with E-state index in [0.717, 1.165) is 6.42 Å². The summed E-state index contributed by atoms with van der Waals surface area (Å²) in [5.74, 6) is -0.547. The van der Waals surface area contributed by atoms with Gasteiger partial charge in [0.1, 0.15) is 0 Å². The first-order valence-electron chi connectivity index (χ1n) is 4.37. The predicted molar refractivity (Wildman–Crippen MR) is 45.9 cm³/mol. The first-order chi connectivity index (χ1) is 6.15. The minimum absolute atomic E-state index is 0.0700. The van der Waals surface area contributed by atoms with Gasteiger partial charge in [0.25, 0.3) is 0 Å². The molecule has 3 amide bonds. The van der Waals surface area contributed by atoms with Crippen molar-refractivity contribution in [3.8, 4) is 0 Å². The number of hydrogen-bond donors (Lipinski definition) is 2. The fourth-order valence-corrected chi connectivity index (χ4v) is 1.56. The summed E-state index contributed by atoms with van der Waals surface area (Å²) >= 11 is 0. The van der Waals surface area contributed by atoms with Gasteiger partial charge in [-0.15, -0.1) is 0 Å². The Kier molecular flexibility index (Phi) is 3.25. The number of rotatable bonds is 2. The third-order valence-electron chi connectivity index (χ3n) is 2.20. The Labute approximate surface area is 76.6 Å². The summed E-state index contributed by atoms with van der Waals surface area (Å²) in [5, 5.41) is 2.07. The maximum Gasteiger partial charge on any atom is 0.318 e. The summed E-state index contributed by atoms with van der Waals surface area (Å²) in [4.78, 5) is 21.7. The van der Waals surface area contributed by atoms with Crippen LogP contribution >= 0.6 is 0 Å². The molecule has 0 aromatic rings. The minimum atomic E-state index is -0.799. The number of carbonyl (C=O) groups excluding carboxylic acids is 2. The van der Waals surface area contributed by atoms with Crippen LogP contribution in [0.15, 0.2) is 0 Å². The van der Waals surface area contributed by atoms with Crippen LogP contribution in [0.5, 0.6) is 0 Å². The molecular weight excluding hydrogens is 172 g/mol. The lowest BCUT2D eigenvalue weighted by atomic mass is 9.99. The van der Waals surface area contributed by atoms with E-state index in [-0.39, 0.29) is 17.9 Å². The summed E-state index contributed by atoms with van der Waals surface area (Å²) in [6, 6.07) is -0.799. The second-order valence-corrected chi connectivity index (χ2v) is 3.07. The molecule has 5 heteroatoms. The Hall–Kier alpha value is -1.10. The van der Waals surface area contributed by atoms with E-state index in [1.54, 1.807) is 0 Å². The number of nitrogens with two attached hydrogens (primary N) is 1. The molecule has 74 valence electrons. The van der Waals surface area contributed by atoms with E-state index in [0.29, 0.717) is 13.0 Å². The quantitative estimate of drug-likeness (QED) is 0.636. The van der Waals surface area contributed by atoms with Crippen molar-refractivity contribution >= 4 is 11.9 Å². The standard InChI is InChI=1S/C8H14N2O3/c1-2-6-5(3-4-13-6)7(11)10-8(9)12/h5-6H,2-4H2,1H3,(H3,9,10,11,12). The molecule has 0 radical (unpaired) electrons. The van der Waals surface area contributed by atoms with Gasteiger partial charge < -0.3 is 10.5 Å². The highest BCUT2D eigenvalue weighted by Gasteiger charge is 2.33. The van der Waals surface area contributed by atoms with Crippen molar-refractivity contribution in [2.75, 3.05) is 6.61 Å². The number of urea groups is 1. The molecule has 0 spiro atoms. The van der Waals surface area contributed by atoms with Crippen molar-refractivity contribution in [1.82, 2.24) is 5.32 Å². The van der Waals surface area contributed by atoms with Crippen molar-refractivity contribution in [2.24, 2.45) is 11.7 Å². The molecule has 1 rings (SSSR count). The molecule has 1 fully saturated rings. The highest BCUT2D eigenvalue weighted by Crippen LogP contribution is 2.23. The van der Waals surface area contributed by atoms with Crippen molar-refractivity contribution < 1.29 is 14.3 Å². The van der Waals surface area contributed by atoms with E-state index < -0.39 is 6.03 Å². The van der Waals surface area contributed by atoms with Gasteiger partial charge in [0.2, 0.25) is 5.91 Å². The van der Waals surface area contributed by atoms with E-state index in [2.05, 4.69) is 5.32 Å². The Morgan fingerprint density at radius 1 is 1.62 bits per heavy atom. The molecular formula is C8H14N2O3. The van der Waals surface area contributed by atoms with Crippen LogP contribution in [0.2, 0.25) is 0 Å². The normalized spacial score (nSPS) is 27.2. The van der Waals surface area contributed by atoms with Gasteiger partial charge in [-0.25, -0.2) is 4.79 Å². The monoisotopic (exact) mass is 186 g/mol. The summed E-state index contributed by atoms with van der Waals surface area (Å²) in [6.07, 6.45) is 1.37. The van der Waals surface area contributed by atoms with Gasteiger partial charge in [-0.3, -0.25) is 10.1 Å². The van der Waals surface area contributed by atoms with Crippen LogP contribution in [0.3, 0.4) is 0 Å². The van der Waals surface area contributed by atoms with E-state index >= 15 is 0 Å². The summed E-state index contributed by atoms with van der Waals surface area (Å²) in [6.45, 7) is 2.52. The van der Waals surface area contributed by atoms with Crippen LogP contribution in [-0.2, 0) is 9.53 Å². The topological polar surface area (TPSA) is 81.4 Å². The molecule has 1 aliphatic heterocycles. The molecule has 3 N–H and O–H groups in total. The molecule has 0 aromatic carbocycles. The highest BCUT2D eigenvalue weighted by molar-refractivity contribution is 5.95. The zero-order valence-electron chi connectivity index (χ0n) is 7.58. The molecule has 1 heterocycles. The van der Waals surface area contributed by atoms with Gasteiger partial charge in [0.15, 0.2) is 0 Å². The lowest BCUT2D eigenvalue weighted by molar-refractivity contribution is -0.125. The molecule has 0 bridgehead atoms. The molecule has 13 heavy (non-hydrogen) atoms. The Bertz CT molecular complexity index is 217. The maximum atomic E-state index is 11.3. The lowest BCUT2D eigenvalue weighted by Crippen LogP contribution is -2.41. The third kappa shape index (κ3) is 2.42. The predicted octanol–water partition coefficient (Wildman–Crippen LogP) is -0.00360. The number of hydrogen-bond acceptors (Lipinski definition) is 3. The smallest absolute Gasteiger partial charge is 0.318 e. The third-order valence-corrected chi connectivity index (χ3v) is 2.20. The number of nitrogens with one attached hydrogen (secondary N) is 1. The summed E-state index contributed by atoms with van der Waals surface area (Å²) < 4.78 is 5.30. The number of carbonyl (C=O) groups is 2. The average Bonchev–Trinajstić information content (AvgIpc) is 2.49. The van der Waals surface area contributed by atoms with E-state index in [1.165, 1.54) is 0 Å². The number of amides is 3. The fraction of sp³-hybridized carbons (Fsp3) is 0.750. The van der Waals surface area contributed by atoms with Crippen LogP contribution in [0, 0.1) is 5.92 Å². The maximum absolute atomic E-state index is 11.3. The number of ether oxygens (including phenoxy) is 1. The van der Waals surface area contributed by atoms with Crippen molar-refractivity contribution in [3.63, 3.8) is 0 Å². The van der Waals surface area contributed by atoms with Crippen LogP contribution < -0.4 is 11.1 Å². The van der Waals surface area contributed by atoms with E-state index in [1.807, 2.05) is 6.92 Å². The Balaban J connectivity index is 2.50. The molecule has 5 nitrogen and oxygen atoms in total. The van der Waals surface area contributed by atoms with Crippen molar-refractivity contribution in [3.05, 3.63) is 0 Å². The Morgan fingerprint density at radius 2 is 2.31 bits per heavy atom. The van der Waals surface area contributed by atoms with Gasteiger partial charge in [-0.1, -0.05) is 6.92 Å². The number of imide groups is 1. The first kappa shape index (κ1) is 9.98. The van der Waals surface area contributed by atoms with E-state index in [9.17, 15) is 9.59 Å². The van der Waals surface area contributed by atoms with Gasteiger partial charge in [-0.05, 0) is 12.8 Å². The van der Waals surface area contributed by atoms with Crippen LogP contribution in [-0.4, -0.2) is 24.6 Å². The molecule has 1 saturated heterocycles. The number of primary amides is 1. The van der Waals surface area contributed by atoms with Crippen LogP contribution in [0.4, 0.5) is 4.79 Å². The van der Waals surface area contributed by atoms with Gasteiger partial charge in [0, 0.05) is 6.61 Å². The molecule has 0 saturated carbocycles. The molecule has 1 aliphatic rings. The van der Waals surface area contributed by atoms with Crippen LogP contribution in [0.1, 0.15) is 19.8 Å². The van der Waals surface area contributed by atoms with E-state index in [4.69, 9.17) is 10.5 Å². The van der Waals surface area contributed by atoms with Gasteiger partial charge >= 0.3 is 6.03 Å². The van der Waals surface area contributed by atoms with Crippen LogP contribution in [0.25, 0.3) is 0 Å². The molecule has 0 aromatic heterocycles. The molecule has 0 aliphatic carbocycles.